The number of hydrogen-bond acceptors (Lipinski definition) is 10. The summed E-state index contributed by atoms with van der Waals surface area (Å²) in [6.07, 6.45) is 1.61. The molecule has 4 atom stereocenters. The van der Waals surface area contributed by atoms with Gasteiger partial charge in [0.15, 0.2) is 0 Å². The number of pyridine rings is 2. The fraction of sp³-hybridized carbons (Fsp3) is 0.674. The van der Waals surface area contributed by atoms with Crippen LogP contribution in [-0.4, -0.2) is 121 Å². The molecule has 4 saturated heterocycles. The molecule has 0 amide bonds. The second-order valence-corrected chi connectivity index (χ2v) is 18.4. The summed E-state index contributed by atoms with van der Waals surface area (Å²) in [5, 5.41) is 15.4. The van der Waals surface area contributed by atoms with Crippen LogP contribution in [0.15, 0.2) is 46.2 Å². The van der Waals surface area contributed by atoms with Crippen LogP contribution < -0.4 is 10.6 Å². The van der Waals surface area contributed by atoms with Crippen molar-refractivity contribution in [3.05, 3.63) is 47.8 Å². The molecule has 4 aromatic rings. The molecule has 0 aromatic carbocycles. The lowest BCUT2D eigenvalue weighted by Gasteiger charge is -2.50. The number of aromatic nitrogens is 4. The SMILES string of the molecule is CC.CC.CC.Cc1nn2c(NC34CCN(C5(C)COC5)CC3C4)cccc2c1SC(F)(F)F.Cc1nn2c(NC3CCN(C4(C)COC4)CC3F)cccc2c1SC(F)(F)F. The first kappa shape index (κ1) is 50.0. The molecule has 4 unspecified atom stereocenters. The van der Waals surface area contributed by atoms with Crippen LogP contribution in [0.2, 0.25) is 0 Å². The first-order valence-electron chi connectivity index (χ1n) is 21.7. The maximum Gasteiger partial charge on any atom is 0.446 e. The van der Waals surface area contributed by atoms with E-state index in [0.29, 0.717) is 60.3 Å². The molecule has 1 saturated carbocycles. The number of fused-ring (bicyclic) bond motifs is 3. The van der Waals surface area contributed by atoms with E-state index in [9.17, 15) is 30.7 Å². The largest absolute Gasteiger partial charge is 0.446 e. The molecule has 10 nitrogen and oxygen atoms in total. The van der Waals surface area contributed by atoms with Crippen molar-refractivity contribution in [1.82, 2.24) is 29.0 Å². The highest BCUT2D eigenvalue weighted by molar-refractivity contribution is 8.00. The number of nitrogens with zero attached hydrogens (tertiary/aromatic N) is 6. The van der Waals surface area contributed by atoms with Crippen LogP contribution in [0, 0.1) is 19.8 Å². The van der Waals surface area contributed by atoms with Crippen LogP contribution in [0.3, 0.4) is 0 Å². The molecule has 0 spiro atoms. The molecule has 8 heterocycles. The zero-order valence-corrected chi connectivity index (χ0v) is 39.1. The number of ether oxygens (including phenoxy) is 2. The molecule has 4 aliphatic heterocycles. The average Bonchev–Trinajstić information content (AvgIpc) is 3.73. The number of nitrogens with one attached hydrogen (secondary N) is 2. The minimum absolute atomic E-state index is 0.0307. The molecule has 348 valence electrons. The van der Waals surface area contributed by atoms with E-state index >= 15 is 0 Å². The van der Waals surface area contributed by atoms with Crippen molar-refractivity contribution in [3.63, 3.8) is 0 Å². The quantitative estimate of drug-likeness (QED) is 0.132. The smallest absolute Gasteiger partial charge is 0.377 e. The van der Waals surface area contributed by atoms with Crippen LogP contribution in [-0.2, 0) is 9.47 Å². The molecule has 1 aliphatic carbocycles. The lowest BCUT2D eigenvalue weighted by Crippen LogP contribution is -2.64. The van der Waals surface area contributed by atoms with Gasteiger partial charge in [0.05, 0.1) is 75.8 Å². The Morgan fingerprint density at radius 1 is 0.694 bits per heavy atom. The molecule has 0 radical (unpaired) electrons. The number of halogens is 7. The van der Waals surface area contributed by atoms with E-state index in [1.807, 2.05) is 47.6 Å². The first-order chi connectivity index (χ1) is 29.4. The third kappa shape index (κ3) is 10.9. The van der Waals surface area contributed by atoms with Crippen LogP contribution >= 0.6 is 23.5 Å². The van der Waals surface area contributed by atoms with E-state index in [2.05, 4.69) is 44.5 Å². The Balaban J connectivity index is 0.000000209. The molecule has 5 aliphatic rings. The highest BCUT2D eigenvalue weighted by atomic mass is 32.2. The monoisotopic (exact) mass is 920 g/mol. The summed E-state index contributed by atoms with van der Waals surface area (Å²) in [7, 11) is 0. The topological polar surface area (TPSA) is 83.6 Å². The fourth-order valence-corrected chi connectivity index (χ4v) is 9.86. The lowest BCUT2D eigenvalue weighted by molar-refractivity contribution is -0.142. The summed E-state index contributed by atoms with van der Waals surface area (Å²) in [4.78, 5) is 4.90. The Kier molecular flexibility index (Phi) is 16.2. The van der Waals surface area contributed by atoms with Gasteiger partial charge in [0.1, 0.15) is 17.8 Å². The van der Waals surface area contributed by atoms with Crippen LogP contribution in [0.1, 0.15) is 86.0 Å². The van der Waals surface area contributed by atoms with Gasteiger partial charge < -0.3 is 20.1 Å². The number of thioether (sulfide) groups is 2. The van der Waals surface area contributed by atoms with Crippen LogP contribution in [0.25, 0.3) is 11.0 Å². The number of rotatable bonds is 8. The Morgan fingerprint density at radius 2 is 1.16 bits per heavy atom. The van der Waals surface area contributed by atoms with Gasteiger partial charge in [-0.3, -0.25) is 9.80 Å². The molecular formula is C43H63F7N8O2S2. The van der Waals surface area contributed by atoms with E-state index in [0.717, 1.165) is 51.5 Å². The highest BCUT2D eigenvalue weighted by Crippen LogP contribution is 2.53. The summed E-state index contributed by atoms with van der Waals surface area (Å²) in [6.45, 7) is 25.4. The number of piperidine rings is 2. The standard InChI is InChI=1S/C19H23F3N4OS.C18H22F4N4OS.3C2H6/c1-12-16(28-19(20,21)22)14-4-3-5-15(26(14)24-12)23-18-6-7-25(9-13(18)8-18)17(2)10-27-11-17;1-11-16(28-18(20,21)22)14-4-3-5-15(26(14)24-11)23-13-6-7-25(8-12(13)19)17(2)9-27-10-17;3*1-2/h3-5,13,23H,6-11H2,1-2H3;3-5,12-13,23H,6-10H2,1-2H3;3*1-2H3. The molecule has 0 bridgehead atoms. The third-order valence-electron chi connectivity index (χ3n) is 11.9. The van der Waals surface area contributed by atoms with E-state index in [1.165, 1.54) is 4.52 Å². The van der Waals surface area contributed by atoms with Gasteiger partial charge in [-0.25, -0.2) is 13.4 Å². The van der Waals surface area contributed by atoms with Gasteiger partial charge in [-0.2, -0.15) is 36.5 Å². The minimum Gasteiger partial charge on any atom is -0.377 e. The molecule has 5 fully saturated rings. The summed E-state index contributed by atoms with van der Waals surface area (Å²) in [5.41, 5.74) is -7.08. The van der Waals surface area contributed by atoms with Gasteiger partial charge in [0.2, 0.25) is 0 Å². The predicted molar refractivity (Wildman–Crippen MR) is 235 cm³/mol. The maximum atomic E-state index is 14.9. The number of hydrogen-bond donors (Lipinski definition) is 2. The lowest BCUT2D eigenvalue weighted by atomic mass is 9.92. The van der Waals surface area contributed by atoms with Crippen molar-refractivity contribution in [3.8, 4) is 0 Å². The van der Waals surface area contributed by atoms with Crippen molar-refractivity contribution in [1.29, 1.82) is 0 Å². The Labute approximate surface area is 369 Å². The Morgan fingerprint density at radius 3 is 1.60 bits per heavy atom. The molecule has 2 N–H and O–H groups in total. The minimum atomic E-state index is -4.39. The maximum absolute atomic E-state index is 14.9. The van der Waals surface area contributed by atoms with E-state index in [1.54, 1.807) is 48.7 Å². The van der Waals surface area contributed by atoms with Crippen molar-refractivity contribution in [2.24, 2.45) is 5.92 Å². The van der Waals surface area contributed by atoms with Crippen LogP contribution in [0.5, 0.6) is 0 Å². The Hall–Kier alpha value is -2.97. The van der Waals surface area contributed by atoms with Crippen molar-refractivity contribution in [2.75, 3.05) is 63.2 Å². The highest BCUT2D eigenvalue weighted by Gasteiger charge is 2.59. The molecule has 9 rings (SSSR count). The van der Waals surface area contributed by atoms with Crippen molar-refractivity contribution in [2.45, 2.75) is 138 Å². The number of likely N-dealkylation sites (tertiary alicyclic amines) is 2. The third-order valence-corrected chi connectivity index (χ3v) is 13.8. The molecule has 19 heteroatoms. The Bertz CT molecular complexity index is 2070. The van der Waals surface area contributed by atoms with Gasteiger partial charge in [0.25, 0.3) is 0 Å². The number of aryl methyl sites for hydroxylation is 2. The molecule has 4 aromatic heterocycles. The van der Waals surface area contributed by atoms with Crippen molar-refractivity contribution >= 4 is 46.2 Å². The van der Waals surface area contributed by atoms with Gasteiger partial charge in [-0.15, -0.1) is 0 Å². The van der Waals surface area contributed by atoms with E-state index < -0.39 is 23.2 Å². The second kappa shape index (κ2) is 20.0. The van der Waals surface area contributed by atoms with Gasteiger partial charge in [-0.1, -0.05) is 53.7 Å². The van der Waals surface area contributed by atoms with Gasteiger partial charge >= 0.3 is 11.0 Å². The average molecular weight is 921 g/mol. The summed E-state index contributed by atoms with van der Waals surface area (Å²) >= 11 is -0.263. The summed E-state index contributed by atoms with van der Waals surface area (Å²) < 4.78 is 106. The number of alkyl halides is 7. The van der Waals surface area contributed by atoms with Crippen molar-refractivity contribution < 1.29 is 40.2 Å². The zero-order valence-electron chi connectivity index (χ0n) is 37.4. The fourth-order valence-electron chi connectivity index (χ4n) is 8.50. The van der Waals surface area contributed by atoms with E-state index in [-0.39, 0.29) is 49.9 Å². The molecular weight excluding hydrogens is 858 g/mol. The normalized spacial score (nSPS) is 25.1. The second-order valence-electron chi connectivity index (χ2n) is 16.2. The summed E-state index contributed by atoms with van der Waals surface area (Å²) in [5.74, 6) is 1.81. The zero-order chi connectivity index (χ0) is 45.8. The first-order valence-corrected chi connectivity index (χ1v) is 23.3. The predicted octanol–water partition coefficient (Wildman–Crippen LogP) is 10.9. The van der Waals surface area contributed by atoms with Crippen LogP contribution in [0.4, 0.5) is 42.4 Å². The van der Waals surface area contributed by atoms with E-state index in [4.69, 9.17) is 9.47 Å². The number of anilines is 2. The van der Waals surface area contributed by atoms with Gasteiger partial charge in [-0.05, 0) is 101 Å². The summed E-state index contributed by atoms with van der Waals surface area (Å²) in [6, 6.07) is 9.94. The molecule has 62 heavy (non-hydrogen) atoms. The van der Waals surface area contributed by atoms with Gasteiger partial charge in [0, 0.05) is 31.7 Å².